The lowest BCUT2D eigenvalue weighted by molar-refractivity contribution is -0.385. The lowest BCUT2D eigenvalue weighted by Gasteiger charge is -2.22. The molecular weight excluding hydrogens is 234 g/mol. The molecule has 0 aromatic carbocycles. The third-order valence-electron chi connectivity index (χ3n) is 2.60. The molecule has 100 valence electrons. The first-order valence-corrected chi connectivity index (χ1v) is 5.99. The van der Waals surface area contributed by atoms with E-state index in [1.807, 2.05) is 6.92 Å². The Bertz CT molecular complexity index is 379. The van der Waals surface area contributed by atoms with Gasteiger partial charge >= 0.3 is 0 Å². The zero-order valence-corrected chi connectivity index (χ0v) is 10.9. The normalized spacial score (nSPS) is 12.4. The number of hydrogen-bond acceptors (Lipinski definition) is 5. The first-order valence-electron chi connectivity index (χ1n) is 5.99. The molecule has 0 amide bonds. The summed E-state index contributed by atoms with van der Waals surface area (Å²) < 4.78 is 5.39. The lowest BCUT2D eigenvalue weighted by Crippen LogP contribution is -2.31. The van der Waals surface area contributed by atoms with E-state index in [0.717, 1.165) is 0 Å². The Morgan fingerprint density at radius 3 is 2.67 bits per heavy atom. The second-order valence-electron chi connectivity index (χ2n) is 4.31. The molecule has 0 radical (unpaired) electrons. The summed E-state index contributed by atoms with van der Waals surface area (Å²) in [6.45, 7) is 7.37. The fourth-order valence-electron chi connectivity index (χ4n) is 1.41. The van der Waals surface area contributed by atoms with Crippen LogP contribution in [0.15, 0.2) is 18.3 Å². The van der Waals surface area contributed by atoms with E-state index >= 15 is 0 Å². The van der Waals surface area contributed by atoms with Crippen molar-refractivity contribution in [3.05, 3.63) is 28.4 Å². The second kappa shape index (κ2) is 6.90. The van der Waals surface area contributed by atoms with Gasteiger partial charge in [-0.15, -0.1) is 0 Å². The summed E-state index contributed by atoms with van der Waals surface area (Å²) in [4.78, 5) is 14.1. The molecular formula is C12H19N3O3. The van der Waals surface area contributed by atoms with Crippen LogP contribution >= 0.6 is 0 Å². The molecule has 1 unspecified atom stereocenters. The monoisotopic (exact) mass is 253 g/mol. The van der Waals surface area contributed by atoms with Crippen molar-refractivity contribution in [2.75, 3.05) is 18.5 Å². The minimum Gasteiger partial charge on any atom is -0.380 e. The lowest BCUT2D eigenvalue weighted by atomic mass is 10.1. The summed E-state index contributed by atoms with van der Waals surface area (Å²) in [6.07, 6.45) is 1.25. The maximum absolute atomic E-state index is 10.5. The van der Waals surface area contributed by atoms with Crippen LogP contribution in [0.2, 0.25) is 0 Å². The number of nitro groups is 1. The molecule has 1 aromatic heterocycles. The minimum atomic E-state index is -0.461. The van der Waals surface area contributed by atoms with Gasteiger partial charge in [-0.3, -0.25) is 10.1 Å². The molecule has 0 aliphatic heterocycles. The smallest absolute Gasteiger partial charge is 0.287 e. The quantitative estimate of drug-likeness (QED) is 0.596. The molecule has 0 aliphatic carbocycles. The average Bonchev–Trinajstić information content (AvgIpc) is 2.34. The first kappa shape index (κ1) is 14.4. The maximum atomic E-state index is 10.5. The van der Waals surface area contributed by atoms with Gasteiger partial charge in [0, 0.05) is 12.7 Å². The highest BCUT2D eigenvalue weighted by atomic mass is 16.6. The van der Waals surface area contributed by atoms with Crippen molar-refractivity contribution in [3.63, 3.8) is 0 Å². The summed E-state index contributed by atoms with van der Waals surface area (Å²) in [5.74, 6) is 1.01. The van der Waals surface area contributed by atoms with E-state index in [-0.39, 0.29) is 11.7 Å². The fourth-order valence-corrected chi connectivity index (χ4v) is 1.41. The zero-order valence-electron chi connectivity index (χ0n) is 10.9. The highest BCUT2D eigenvalue weighted by Gasteiger charge is 2.14. The number of hydrogen-bond donors (Lipinski definition) is 1. The Labute approximate surface area is 107 Å². The summed E-state index contributed by atoms with van der Waals surface area (Å²) in [6, 6.07) is 3.19. The fraction of sp³-hybridized carbons (Fsp3) is 0.583. The van der Waals surface area contributed by atoms with Gasteiger partial charge in [0.2, 0.25) is 0 Å². The Kier molecular flexibility index (Phi) is 5.51. The molecule has 0 spiro atoms. The van der Waals surface area contributed by atoms with Gasteiger partial charge in [0.25, 0.3) is 5.69 Å². The second-order valence-corrected chi connectivity index (χ2v) is 4.31. The van der Waals surface area contributed by atoms with E-state index < -0.39 is 4.92 Å². The molecule has 1 atom stereocenters. The topological polar surface area (TPSA) is 77.3 Å². The van der Waals surface area contributed by atoms with Crippen LogP contribution in [0, 0.1) is 16.0 Å². The van der Waals surface area contributed by atoms with Crippen LogP contribution in [0.25, 0.3) is 0 Å². The van der Waals surface area contributed by atoms with Crippen molar-refractivity contribution in [1.29, 1.82) is 0 Å². The van der Waals surface area contributed by atoms with Crippen molar-refractivity contribution < 1.29 is 9.66 Å². The van der Waals surface area contributed by atoms with E-state index in [1.165, 1.54) is 12.3 Å². The van der Waals surface area contributed by atoms with Gasteiger partial charge < -0.3 is 10.1 Å². The summed E-state index contributed by atoms with van der Waals surface area (Å²) >= 11 is 0. The molecule has 0 bridgehead atoms. The van der Waals surface area contributed by atoms with Gasteiger partial charge in [0.15, 0.2) is 0 Å². The van der Waals surface area contributed by atoms with E-state index in [1.54, 1.807) is 6.07 Å². The van der Waals surface area contributed by atoms with Crippen LogP contribution in [0.5, 0.6) is 0 Å². The van der Waals surface area contributed by atoms with Crippen LogP contribution in [0.4, 0.5) is 11.5 Å². The number of ether oxygens (including phenoxy) is 1. The van der Waals surface area contributed by atoms with Gasteiger partial charge in [-0.25, -0.2) is 4.98 Å². The third kappa shape index (κ3) is 4.29. The third-order valence-corrected chi connectivity index (χ3v) is 2.60. The number of aromatic nitrogens is 1. The molecule has 6 heteroatoms. The average molecular weight is 253 g/mol. The van der Waals surface area contributed by atoms with Crippen LogP contribution in [-0.4, -0.2) is 29.2 Å². The van der Waals surface area contributed by atoms with E-state index in [9.17, 15) is 10.1 Å². The van der Waals surface area contributed by atoms with Crippen molar-refractivity contribution >= 4 is 11.5 Å². The standard InChI is InChI=1S/C12H19N3O3/c1-4-18-8-11(9(2)3)14-12-6-5-10(7-13-12)15(16)17/h5-7,9,11H,4,8H2,1-3H3,(H,13,14). The largest absolute Gasteiger partial charge is 0.380 e. The van der Waals surface area contributed by atoms with Gasteiger partial charge in [-0.2, -0.15) is 0 Å². The number of nitrogens with zero attached hydrogens (tertiary/aromatic N) is 2. The molecule has 1 rings (SSSR count). The number of nitrogens with one attached hydrogen (secondary N) is 1. The molecule has 1 heterocycles. The maximum Gasteiger partial charge on any atom is 0.287 e. The first-order chi connectivity index (χ1) is 8.54. The van der Waals surface area contributed by atoms with Gasteiger partial charge in [0.1, 0.15) is 12.0 Å². The Morgan fingerprint density at radius 1 is 1.50 bits per heavy atom. The zero-order chi connectivity index (χ0) is 13.5. The van der Waals surface area contributed by atoms with E-state index in [0.29, 0.717) is 24.9 Å². The van der Waals surface area contributed by atoms with Crippen molar-refractivity contribution in [3.8, 4) is 0 Å². The highest BCUT2D eigenvalue weighted by molar-refractivity contribution is 5.40. The van der Waals surface area contributed by atoms with Gasteiger partial charge in [-0.05, 0) is 18.9 Å². The van der Waals surface area contributed by atoms with Crippen molar-refractivity contribution in [1.82, 2.24) is 4.98 Å². The molecule has 0 fully saturated rings. The predicted octanol–water partition coefficient (Wildman–Crippen LogP) is 2.46. The minimum absolute atomic E-state index is 0.00791. The number of rotatable bonds is 7. The Morgan fingerprint density at radius 2 is 2.22 bits per heavy atom. The SMILES string of the molecule is CCOCC(Nc1ccc([N+](=O)[O-])cn1)C(C)C. The predicted molar refractivity (Wildman–Crippen MR) is 69.6 cm³/mol. The molecule has 0 aliphatic rings. The Balaban J connectivity index is 2.65. The number of anilines is 1. The molecule has 18 heavy (non-hydrogen) atoms. The van der Waals surface area contributed by atoms with Crippen molar-refractivity contribution in [2.45, 2.75) is 26.8 Å². The van der Waals surface area contributed by atoms with Crippen LogP contribution in [0.1, 0.15) is 20.8 Å². The van der Waals surface area contributed by atoms with Gasteiger partial charge in [-0.1, -0.05) is 13.8 Å². The highest BCUT2D eigenvalue weighted by Crippen LogP contribution is 2.15. The Hall–Kier alpha value is -1.69. The van der Waals surface area contributed by atoms with Crippen LogP contribution < -0.4 is 5.32 Å². The van der Waals surface area contributed by atoms with E-state index in [4.69, 9.17) is 4.74 Å². The molecule has 1 N–H and O–H groups in total. The van der Waals surface area contributed by atoms with Crippen LogP contribution in [0.3, 0.4) is 0 Å². The summed E-state index contributed by atoms with van der Waals surface area (Å²) in [7, 11) is 0. The van der Waals surface area contributed by atoms with Crippen molar-refractivity contribution in [2.24, 2.45) is 5.92 Å². The number of pyridine rings is 1. The molecule has 0 saturated heterocycles. The summed E-state index contributed by atoms with van der Waals surface area (Å²) in [5.41, 5.74) is -0.00791. The summed E-state index contributed by atoms with van der Waals surface area (Å²) in [5, 5.41) is 13.7. The molecule has 0 saturated carbocycles. The molecule has 6 nitrogen and oxygen atoms in total. The van der Waals surface area contributed by atoms with Gasteiger partial charge in [0.05, 0.1) is 17.6 Å². The molecule has 1 aromatic rings. The van der Waals surface area contributed by atoms with Crippen LogP contribution in [-0.2, 0) is 4.74 Å². The van der Waals surface area contributed by atoms with E-state index in [2.05, 4.69) is 24.1 Å².